The lowest BCUT2D eigenvalue weighted by Gasteiger charge is -2.16. The van der Waals surface area contributed by atoms with Crippen molar-refractivity contribution >= 4 is 17.7 Å². The van der Waals surface area contributed by atoms with Crippen LogP contribution in [0, 0.1) is 0 Å². The van der Waals surface area contributed by atoms with E-state index in [0.29, 0.717) is 16.9 Å². The summed E-state index contributed by atoms with van der Waals surface area (Å²) in [5.74, 6) is 0.892. The van der Waals surface area contributed by atoms with Gasteiger partial charge < -0.3 is 4.74 Å². The van der Waals surface area contributed by atoms with Crippen molar-refractivity contribution in [1.82, 2.24) is 19.7 Å². The number of benzene rings is 1. The maximum atomic E-state index is 11.6. The zero-order valence-corrected chi connectivity index (χ0v) is 15.7. The number of ether oxygens (including phenoxy) is 1. The second kappa shape index (κ2) is 8.14. The van der Waals surface area contributed by atoms with E-state index in [1.54, 1.807) is 12.4 Å². The van der Waals surface area contributed by atoms with E-state index in [1.165, 1.54) is 24.4 Å². The van der Waals surface area contributed by atoms with Gasteiger partial charge in [-0.2, -0.15) is 0 Å². The SMILES string of the molecule is COC(=O)CSc1nnc(-c2cccnc2)n1-c1ccccc1C(C)C. The Balaban J connectivity index is 2.14. The van der Waals surface area contributed by atoms with Crippen LogP contribution in [0.4, 0.5) is 0 Å². The van der Waals surface area contributed by atoms with E-state index in [4.69, 9.17) is 4.74 Å². The number of esters is 1. The number of methoxy groups -OCH3 is 1. The highest BCUT2D eigenvalue weighted by molar-refractivity contribution is 7.99. The minimum absolute atomic E-state index is 0.172. The molecule has 3 aromatic rings. The van der Waals surface area contributed by atoms with E-state index in [2.05, 4.69) is 35.1 Å². The number of carbonyl (C=O) groups excluding carboxylic acids is 1. The molecule has 0 aliphatic carbocycles. The molecule has 0 aliphatic rings. The Morgan fingerprint density at radius 3 is 2.69 bits per heavy atom. The van der Waals surface area contributed by atoms with Gasteiger partial charge in [-0.25, -0.2) is 0 Å². The lowest BCUT2D eigenvalue weighted by Crippen LogP contribution is -2.07. The molecule has 0 aliphatic heterocycles. The molecule has 0 radical (unpaired) electrons. The van der Waals surface area contributed by atoms with E-state index in [1.807, 2.05) is 34.9 Å². The lowest BCUT2D eigenvalue weighted by molar-refractivity contribution is -0.137. The molecule has 1 aromatic carbocycles. The summed E-state index contributed by atoms with van der Waals surface area (Å²) in [6.45, 7) is 4.29. The Hall–Kier alpha value is -2.67. The minimum atomic E-state index is -0.301. The largest absolute Gasteiger partial charge is 0.468 e. The molecule has 0 saturated carbocycles. The van der Waals surface area contributed by atoms with Crippen molar-refractivity contribution in [1.29, 1.82) is 0 Å². The molecule has 0 amide bonds. The van der Waals surface area contributed by atoms with E-state index < -0.39 is 0 Å². The highest BCUT2D eigenvalue weighted by Crippen LogP contribution is 2.31. The maximum Gasteiger partial charge on any atom is 0.316 e. The quantitative estimate of drug-likeness (QED) is 0.488. The van der Waals surface area contributed by atoms with Gasteiger partial charge in [0.25, 0.3) is 0 Å². The summed E-state index contributed by atoms with van der Waals surface area (Å²) in [6, 6.07) is 12.0. The van der Waals surface area contributed by atoms with Gasteiger partial charge in [-0.3, -0.25) is 14.3 Å². The highest BCUT2D eigenvalue weighted by atomic mass is 32.2. The third-order valence-electron chi connectivity index (χ3n) is 3.90. The Kier molecular flexibility index (Phi) is 5.68. The Labute approximate surface area is 156 Å². The monoisotopic (exact) mass is 368 g/mol. The van der Waals surface area contributed by atoms with Gasteiger partial charge in [-0.1, -0.05) is 43.8 Å². The van der Waals surface area contributed by atoms with E-state index in [9.17, 15) is 4.79 Å². The average molecular weight is 368 g/mol. The molecule has 0 saturated heterocycles. The second-order valence-electron chi connectivity index (χ2n) is 5.96. The molecule has 134 valence electrons. The van der Waals surface area contributed by atoms with Crippen molar-refractivity contribution in [3.63, 3.8) is 0 Å². The van der Waals surface area contributed by atoms with Crippen molar-refractivity contribution < 1.29 is 9.53 Å². The van der Waals surface area contributed by atoms with Crippen LogP contribution in [0.25, 0.3) is 17.1 Å². The Morgan fingerprint density at radius 2 is 2.00 bits per heavy atom. The van der Waals surface area contributed by atoms with Crippen LogP contribution in [0.15, 0.2) is 53.9 Å². The van der Waals surface area contributed by atoms with E-state index in [0.717, 1.165) is 11.3 Å². The molecule has 3 rings (SSSR count). The van der Waals surface area contributed by atoms with Crippen LogP contribution in [0.2, 0.25) is 0 Å². The first-order valence-corrected chi connectivity index (χ1v) is 9.25. The van der Waals surface area contributed by atoms with Gasteiger partial charge in [-0.05, 0) is 29.7 Å². The first kappa shape index (κ1) is 18.1. The van der Waals surface area contributed by atoms with Gasteiger partial charge in [0.15, 0.2) is 11.0 Å². The van der Waals surface area contributed by atoms with Gasteiger partial charge in [0.05, 0.1) is 18.6 Å². The fourth-order valence-corrected chi connectivity index (χ4v) is 3.40. The first-order chi connectivity index (χ1) is 12.6. The predicted octanol–water partition coefficient (Wildman–Crippen LogP) is 3.72. The lowest BCUT2D eigenvalue weighted by atomic mass is 10.0. The number of nitrogens with zero attached hydrogens (tertiary/aromatic N) is 4. The van der Waals surface area contributed by atoms with Crippen LogP contribution in [0.5, 0.6) is 0 Å². The molecule has 0 bridgehead atoms. The number of aromatic nitrogens is 4. The number of pyridine rings is 1. The van der Waals surface area contributed by atoms with Crippen LogP contribution in [-0.4, -0.2) is 38.6 Å². The molecule has 0 atom stereocenters. The van der Waals surface area contributed by atoms with Crippen molar-refractivity contribution in [2.45, 2.75) is 24.9 Å². The summed E-state index contributed by atoms with van der Waals surface area (Å²) >= 11 is 1.30. The van der Waals surface area contributed by atoms with Gasteiger partial charge >= 0.3 is 5.97 Å². The first-order valence-electron chi connectivity index (χ1n) is 8.26. The number of para-hydroxylation sites is 1. The van der Waals surface area contributed by atoms with Gasteiger partial charge in [-0.15, -0.1) is 10.2 Å². The fraction of sp³-hybridized carbons (Fsp3) is 0.263. The smallest absolute Gasteiger partial charge is 0.316 e. The van der Waals surface area contributed by atoms with Crippen LogP contribution in [0.3, 0.4) is 0 Å². The highest BCUT2D eigenvalue weighted by Gasteiger charge is 2.20. The Morgan fingerprint density at radius 1 is 1.19 bits per heavy atom. The molecule has 0 fully saturated rings. The number of carbonyl (C=O) groups is 1. The molecule has 2 aromatic heterocycles. The number of hydrogen-bond acceptors (Lipinski definition) is 6. The third-order valence-corrected chi connectivity index (χ3v) is 4.80. The van der Waals surface area contributed by atoms with Gasteiger partial charge in [0.2, 0.25) is 0 Å². The van der Waals surface area contributed by atoms with Crippen LogP contribution >= 0.6 is 11.8 Å². The van der Waals surface area contributed by atoms with Crippen molar-refractivity contribution in [3.05, 3.63) is 54.4 Å². The Bertz CT molecular complexity index is 894. The molecule has 7 heteroatoms. The molecular formula is C19H20N4O2S. The van der Waals surface area contributed by atoms with Crippen LogP contribution < -0.4 is 0 Å². The molecule has 26 heavy (non-hydrogen) atoms. The average Bonchev–Trinajstić information content (AvgIpc) is 3.10. The summed E-state index contributed by atoms with van der Waals surface area (Å²) in [7, 11) is 1.38. The molecule has 0 N–H and O–H groups in total. The van der Waals surface area contributed by atoms with Crippen LogP contribution in [-0.2, 0) is 9.53 Å². The molecule has 0 spiro atoms. The number of thioether (sulfide) groups is 1. The fourth-order valence-electron chi connectivity index (χ4n) is 2.62. The molecule has 2 heterocycles. The van der Waals surface area contributed by atoms with Gasteiger partial charge in [0.1, 0.15) is 0 Å². The standard InChI is InChI=1S/C19H20N4O2S/c1-13(2)15-8-4-5-9-16(15)23-18(14-7-6-10-20-11-14)21-22-19(23)26-12-17(24)25-3/h4-11,13H,12H2,1-3H3. The third kappa shape index (κ3) is 3.77. The summed E-state index contributed by atoms with van der Waals surface area (Å²) in [4.78, 5) is 15.8. The van der Waals surface area contributed by atoms with E-state index in [-0.39, 0.29) is 11.7 Å². The normalized spacial score (nSPS) is 10.9. The van der Waals surface area contributed by atoms with Crippen molar-refractivity contribution in [2.24, 2.45) is 0 Å². The van der Waals surface area contributed by atoms with Crippen LogP contribution in [0.1, 0.15) is 25.3 Å². The summed E-state index contributed by atoms with van der Waals surface area (Å²) < 4.78 is 6.73. The van der Waals surface area contributed by atoms with E-state index >= 15 is 0 Å². The number of hydrogen-bond donors (Lipinski definition) is 0. The maximum absolute atomic E-state index is 11.6. The summed E-state index contributed by atoms with van der Waals surface area (Å²) in [5, 5.41) is 9.32. The summed E-state index contributed by atoms with van der Waals surface area (Å²) in [5.41, 5.74) is 3.04. The van der Waals surface area contributed by atoms with Crippen molar-refractivity contribution in [3.8, 4) is 17.1 Å². The zero-order valence-electron chi connectivity index (χ0n) is 14.9. The molecular weight excluding hydrogens is 348 g/mol. The number of rotatable bonds is 6. The molecule has 6 nitrogen and oxygen atoms in total. The molecule has 0 unspecified atom stereocenters. The predicted molar refractivity (Wildman–Crippen MR) is 101 cm³/mol. The topological polar surface area (TPSA) is 69.9 Å². The second-order valence-corrected chi connectivity index (χ2v) is 6.90. The summed E-state index contributed by atoms with van der Waals surface area (Å²) in [6.07, 6.45) is 3.48. The van der Waals surface area contributed by atoms with Gasteiger partial charge in [0, 0.05) is 18.0 Å². The minimum Gasteiger partial charge on any atom is -0.468 e. The van der Waals surface area contributed by atoms with Crippen molar-refractivity contribution in [2.75, 3.05) is 12.9 Å². The zero-order chi connectivity index (χ0) is 18.5.